The number of hydrogen-bond acceptors (Lipinski definition) is 3. The first-order chi connectivity index (χ1) is 14.2. The lowest BCUT2D eigenvalue weighted by molar-refractivity contribution is -0.137. The fraction of sp³-hybridized carbons (Fsp3) is 0.409. The van der Waals surface area contributed by atoms with E-state index in [2.05, 4.69) is 92.0 Å². The molecule has 0 amide bonds. The zero-order chi connectivity index (χ0) is 22.0. The van der Waals surface area contributed by atoms with Gasteiger partial charge in [-0.1, -0.05) is 77.5 Å². The molecule has 0 fully saturated rings. The van der Waals surface area contributed by atoms with Crippen LogP contribution in [-0.4, -0.2) is 53.5 Å². The van der Waals surface area contributed by atoms with Gasteiger partial charge in [0.1, 0.15) is 0 Å². The van der Waals surface area contributed by atoms with Crippen LogP contribution in [0.15, 0.2) is 60.7 Å². The number of thioether (sulfide) groups is 2. The summed E-state index contributed by atoms with van der Waals surface area (Å²) in [5, 5.41) is 9.58. The number of hydrogen-bond donors (Lipinski definition) is 1. The molecule has 1 N–H and O–H groups in total. The Hall–Kier alpha value is -1.13. The van der Waals surface area contributed by atoms with Gasteiger partial charge < -0.3 is 5.11 Å². The highest BCUT2D eigenvalue weighted by atomic mass is 32.2. The second-order valence-corrected chi connectivity index (χ2v) is 11.7. The number of carboxylic acids is 1. The molecule has 0 aliphatic rings. The molecule has 2 rings (SSSR count). The Morgan fingerprint density at radius 1 is 0.867 bits per heavy atom. The summed E-state index contributed by atoms with van der Waals surface area (Å²) in [5.74, 6) is 2.46. The lowest BCUT2D eigenvalue weighted by Gasteiger charge is -2.43. The van der Waals surface area contributed by atoms with Crippen molar-refractivity contribution in [2.75, 3.05) is 5.75 Å². The molecule has 0 spiro atoms. The Bertz CT molecular complexity index is 773. The zero-order valence-electron chi connectivity index (χ0n) is 18.8. The average molecular weight is 436 g/mol. The van der Waals surface area contributed by atoms with Crippen LogP contribution in [0.4, 0.5) is 0 Å². The summed E-state index contributed by atoms with van der Waals surface area (Å²) in [6, 6.07) is 21.3. The van der Waals surface area contributed by atoms with E-state index in [4.69, 9.17) is 0 Å². The third kappa shape index (κ3) is 8.55. The molecule has 0 bridgehead atoms. The lowest BCUT2D eigenvalue weighted by Crippen LogP contribution is -2.36. The predicted octanol–water partition coefficient (Wildman–Crippen LogP) is 2.24. The largest absolute Gasteiger partial charge is 0.481 e. The maximum Gasteiger partial charge on any atom is 0.302 e. The van der Waals surface area contributed by atoms with E-state index in [9.17, 15) is 9.90 Å². The van der Waals surface area contributed by atoms with E-state index in [1.54, 1.807) is 0 Å². The van der Waals surface area contributed by atoms with Crippen LogP contribution in [0.5, 0.6) is 0 Å². The SMILES string of the molecule is BC(B)(CC(=O)O)C(B)(B)CC(CCSCc1ccccc1)SCc1ccccc1. The molecular formula is C22H32B4O2S2. The summed E-state index contributed by atoms with van der Waals surface area (Å²) in [5.41, 5.74) is 2.73. The molecule has 0 radical (unpaired) electrons. The number of carboxylic acid groups (broad SMARTS) is 1. The maximum atomic E-state index is 11.4. The molecule has 8 heteroatoms. The Balaban J connectivity index is 1.97. The first kappa shape index (κ1) is 25.1. The van der Waals surface area contributed by atoms with Gasteiger partial charge in [0.25, 0.3) is 0 Å². The summed E-state index contributed by atoms with van der Waals surface area (Å²) in [6.45, 7) is 0. The fourth-order valence-electron chi connectivity index (χ4n) is 3.47. The fourth-order valence-corrected chi connectivity index (χ4v) is 6.09. The van der Waals surface area contributed by atoms with Gasteiger partial charge in [-0.05, 0) is 23.3 Å². The highest BCUT2D eigenvalue weighted by Gasteiger charge is 2.39. The van der Waals surface area contributed by atoms with Crippen molar-refractivity contribution in [1.29, 1.82) is 0 Å². The minimum absolute atomic E-state index is 0.0517. The van der Waals surface area contributed by atoms with Crippen LogP contribution in [0.2, 0.25) is 10.4 Å². The van der Waals surface area contributed by atoms with Crippen molar-refractivity contribution in [2.45, 2.75) is 46.4 Å². The summed E-state index contributed by atoms with van der Waals surface area (Å²) in [6.07, 6.45) is 2.37. The van der Waals surface area contributed by atoms with Crippen LogP contribution in [0, 0.1) is 0 Å². The van der Waals surface area contributed by atoms with Crippen LogP contribution in [0.25, 0.3) is 0 Å². The summed E-state index contributed by atoms with van der Waals surface area (Å²) < 4.78 is 0. The standard InChI is InChI=1S/C22H32B4O2S2/c23-21(24,22(25,26)14-20(27)28)13-19(30-16-18-9-5-2-6-10-18)11-12-29-15-17-7-3-1-4-8-17/h1-10,19H,11-16,23-26H2,(H,27,28). The topological polar surface area (TPSA) is 37.3 Å². The first-order valence-electron chi connectivity index (χ1n) is 10.7. The molecule has 0 aliphatic heterocycles. The minimum atomic E-state index is -0.708. The molecule has 2 nitrogen and oxygen atoms in total. The zero-order valence-corrected chi connectivity index (χ0v) is 20.4. The van der Waals surface area contributed by atoms with Crippen molar-refractivity contribution in [3.05, 3.63) is 71.8 Å². The Morgan fingerprint density at radius 3 is 1.93 bits per heavy atom. The van der Waals surface area contributed by atoms with Gasteiger partial charge in [-0.25, -0.2) is 0 Å². The monoisotopic (exact) mass is 436 g/mol. The Kier molecular flexibility index (Phi) is 10.1. The molecule has 0 aliphatic carbocycles. The van der Waals surface area contributed by atoms with Gasteiger partial charge in [0.05, 0.1) is 31.4 Å². The van der Waals surface area contributed by atoms with Crippen LogP contribution < -0.4 is 0 Å². The van der Waals surface area contributed by atoms with E-state index in [-0.39, 0.29) is 16.8 Å². The van der Waals surface area contributed by atoms with Crippen LogP contribution in [-0.2, 0) is 16.3 Å². The van der Waals surface area contributed by atoms with Gasteiger partial charge in [-0.2, -0.15) is 23.5 Å². The molecule has 0 saturated heterocycles. The molecule has 1 atom stereocenters. The van der Waals surface area contributed by atoms with Crippen molar-refractivity contribution in [3.8, 4) is 0 Å². The molecule has 0 heterocycles. The van der Waals surface area contributed by atoms with Crippen molar-refractivity contribution >= 4 is 60.9 Å². The molecule has 2 aromatic carbocycles. The van der Waals surface area contributed by atoms with Crippen LogP contribution >= 0.6 is 23.5 Å². The van der Waals surface area contributed by atoms with Crippen molar-refractivity contribution in [3.63, 3.8) is 0 Å². The summed E-state index contributed by atoms with van der Waals surface area (Å²) in [4.78, 5) is 11.4. The van der Waals surface area contributed by atoms with E-state index in [1.807, 2.05) is 23.5 Å². The predicted molar refractivity (Wildman–Crippen MR) is 145 cm³/mol. The summed E-state index contributed by atoms with van der Waals surface area (Å²) in [7, 11) is 8.68. The summed E-state index contributed by atoms with van der Waals surface area (Å²) >= 11 is 4.02. The first-order valence-corrected chi connectivity index (χ1v) is 12.9. The molecule has 1 unspecified atom stereocenters. The third-order valence-electron chi connectivity index (χ3n) is 6.19. The van der Waals surface area contributed by atoms with Crippen molar-refractivity contribution in [2.24, 2.45) is 0 Å². The third-order valence-corrected chi connectivity index (χ3v) is 8.62. The molecule has 0 saturated carbocycles. The minimum Gasteiger partial charge on any atom is -0.481 e. The van der Waals surface area contributed by atoms with Gasteiger partial charge in [-0.15, -0.1) is 0 Å². The molecule has 2 aromatic rings. The van der Waals surface area contributed by atoms with Gasteiger partial charge in [0.2, 0.25) is 0 Å². The number of aliphatic carboxylic acids is 1. The average Bonchev–Trinajstić information content (AvgIpc) is 2.69. The molecule has 0 aromatic heterocycles. The van der Waals surface area contributed by atoms with E-state index < -0.39 is 5.97 Å². The number of rotatable bonds is 13. The number of carbonyl (C=O) groups is 1. The second kappa shape index (κ2) is 12.0. The molecule has 30 heavy (non-hydrogen) atoms. The van der Waals surface area contributed by atoms with E-state index >= 15 is 0 Å². The quantitative estimate of drug-likeness (QED) is 0.387. The smallest absolute Gasteiger partial charge is 0.302 e. The Morgan fingerprint density at radius 2 is 1.40 bits per heavy atom. The Labute approximate surface area is 194 Å². The van der Waals surface area contributed by atoms with Crippen molar-refractivity contribution < 1.29 is 9.90 Å². The highest BCUT2D eigenvalue weighted by molar-refractivity contribution is 7.99. The van der Waals surface area contributed by atoms with Gasteiger partial charge in [-0.3, -0.25) is 4.79 Å². The van der Waals surface area contributed by atoms with E-state index in [1.165, 1.54) is 11.1 Å². The molecular weight excluding hydrogens is 404 g/mol. The second-order valence-electron chi connectivity index (χ2n) is 9.29. The van der Waals surface area contributed by atoms with E-state index in [0.717, 1.165) is 30.1 Å². The maximum absolute atomic E-state index is 11.4. The van der Waals surface area contributed by atoms with E-state index in [0.29, 0.717) is 5.25 Å². The van der Waals surface area contributed by atoms with Gasteiger partial charge in [0.15, 0.2) is 0 Å². The van der Waals surface area contributed by atoms with Crippen molar-refractivity contribution in [1.82, 2.24) is 0 Å². The van der Waals surface area contributed by atoms with Crippen LogP contribution in [0.3, 0.4) is 0 Å². The lowest BCUT2D eigenvalue weighted by atomic mass is 9.28. The number of benzene rings is 2. The van der Waals surface area contributed by atoms with Gasteiger partial charge >= 0.3 is 5.97 Å². The molecule has 156 valence electrons. The highest BCUT2D eigenvalue weighted by Crippen LogP contribution is 2.50. The van der Waals surface area contributed by atoms with Crippen LogP contribution in [0.1, 0.15) is 30.4 Å². The normalized spacial score (nSPS) is 13.1. The van der Waals surface area contributed by atoms with Gasteiger partial charge in [0, 0.05) is 23.2 Å².